The van der Waals surface area contributed by atoms with Gasteiger partial charge < -0.3 is 5.32 Å². The van der Waals surface area contributed by atoms with Gasteiger partial charge in [0.15, 0.2) is 10.9 Å². The van der Waals surface area contributed by atoms with E-state index in [2.05, 4.69) is 27.6 Å². The first kappa shape index (κ1) is 22.5. The van der Waals surface area contributed by atoms with E-state index in [-0.39, 0.29) is 11.7 Å². The first-order chi connectivity index (χ1) is 16.0. The summed E-state index contributed by atoms with van der Waals surface area (Å²) in [6, 6.07) is 26.9. The smallest absolute Gasteiger partial charge is 0.237 e. The molecule has 0 saturated heterocycles. The van der Waals surface area contributed by atoms with Crippen LogP contribution in [-0.2, 0) is 11.2 Å². The average Bonchev–Trinajstić information content (AvgIpc) is 3.22. The highest BCUT2D eigenvalue weighted by Gasteiger charge is 2.21. The van der Waals surface area contributed by atoms with Gasteiger partial charge in [0, 0.05) is 23.4 Å². The Hall–Kier alpha value is -3.71. The number of benzene rings is 3. The van der Waals surface area contributed by atoms with Crippen LogP contribution < -0.4 is 5.32 Å². The third-order valence-electron chi connectivity index (χ3n) is 5.13. The molecule has 1 aromatic heterocycles. The zero-order valence-electron chi connectivity index (χ0n) is 18.4. The Bertz CT molecular complexity index is 1240. The van der Waals surface area contributed by atoms with Crippen LogP contribution in [0, 0.1) is 0 Å². The molecule has 1 amide bonds. The van der Waals surface area contributed by atoms with E-state index < -0.39 is 5.25 Å². The van der Waals surface area contributed by atoms with Gasteiger partial charge in [-0.3, -0.25) is 14.2 Å². The van der Waals surface area contributed by atoms with Crippen molar-refractivity contribution in [3.63, 3.8) is 0 Å². The maximum Gasteiger partial charge on any atom is 0.237 e. The number of ketones is 1. The molecule has 0 fully saturated rings. The molecular formula is C26H24N4O2S. The van der Waals surface area contributed by atoms with Crippen LogP contribution in [0.4, 0.5) is 5.69 Å². The van der Waals surface area contributed by atoms with Crippen LogP contribution in [0.3, 0.4) is 0 Å². The molecule has 7 heteroatoms. The Balaban J connectivity index is 1.54. The molecule has 4 rings (SSSR count). The molecule has 0 saturated carbocycles. The Morgan fingerprint density at radius 1 is 0.909 bits per heavy atom. The van der Waals surface area contributed by atoms with Gasteiger partial charge in [0.05, 0.1) is 5.25 Å². The molecular weight excluding hydrogens is 432 g/mol. The van der Waals surface area contributed by atoms with Crippen LogP contribution in [0.25, 0.3) is 5.69 Å². The molecule has 0 aliphatic rings. The Morgan fingerprint density at radius 3 is 2.18 bits per heavy atom. The van der Waals surface area contributed by atoms with Crippen LogP contribution >= 0.6 is 11.8 Å². The molecule has 0 aliphatic heterocycles. The van der Waals surface area contributed by atoms with Gasteiger partial charge in [-0.05, 0) is 55.8 Å². The first-order valence-corrected chi connectivity index (χ1v) is 11.5. The summed E-state index contributed by atoms with van der Waals surface area (Å²) >= 11 is 1.36. The van der Waals surface area contributed by atoms with Crippen molar-refractivity contribution in [1.29, 1.82) is 0 Å². The summed E-state index contributed by atoms with van der Waals surface area (Å²) in [6.45, 7) is 3.35. The summed E-state index contributed by atoms with van der Waals surface area (Å²) in [6.07, 6.45) is 0.631. The third kappa shape index (κ3) is 5.56. The van der Waals surface area contributed by atoms with Crippen molar-refractivity contribution in [2.24, 2.45) is 0 Å². The lowest BCUT2D eigenvalue weighted by Crippen LogP contribution is -2.23. The van der Waals surface area contributed by atoms with Crippen LogP contribution in [0.2, 0.25) is 0 Å². The van der Waals surface area contributed by atoms with E-state index in [4.69, 9.17) is 0 Å². The molecule has 1 heterocycles. The Labute approximate surface area is 197 Å². The third-order valence-corrected chi connectivity index (χ3v) is 6.17. The maximum absolute atomic E-state index is 12.8. The summed E-state index contributed by atoms with van der Waals surface area (Å²) in [4.78, 5) is 24.3. The van der Waals surface area contributed by atoms with E-state index in [1.807, 2.05) is 60.0 Å². The molecule has 4 aromatic rings. The van der Waals surface area contributed by atoms with Gasteiger partial charge in [0.2, 0.25) is 5.91 Å². The molecule has 166 valence electrons. The fourth-order valence-corrected chi connectivity index (χ4v) is 4.24. The number of carbonyl (C=O) groups is 2. The van der Waals surface area contributed by atoms with Gasteiger partial charge in [-0.1, -0.05) is 60.3 Å². The average molecular weight is 457 g/mol. The van der Waals surface area contributed by atoms with E-state index in [1.54, 1.807) is 24.3 Å². The maximum atomic E-state index is 12.8. The minimum absolute atomic E-state index is 0.0108. The highest BCUT2D eigenvalue weighted by Crippen LogP contribution is 2.27. The monoisotopic (exact) mass is 456 g/mol. The van der Waals surface area contributed by atoms with Gasteiger partial charge in [-0.15, -0.1) is 10.2 Å². The lowest BCUT2D eigenvalue weighted by molar-refractivity contribution is -0.115. The molecule has 1 unspecified atom stereocenters. The zero-order valence-corrected chi connectivity index (χ0v) is 19.3. The highest BCUT2D eigenvalue weighted by molar-refractivity contribution is 8.00. The quantitative estimate of drug-likeness (QED) is 0.292. The molecule has 0 spiro atoms. The second-order valence-corrected chi connectivity index (χ2v) is 8.92. The van der Waals surface area contributed by atoms with Crippen LogP contribution in [0.1, 0.15) is 35.6 Å². The van der Waals surface area contributed by atoms with Gasteiger partial charge in [0.25, 0.3) is 0 Å². The predicted octanol–water partition coefficient (Wildman–Crippen LogP) is 5.18. The fraction of sp³-hybridized carbons (Fsp3) is 0.154. The summed E-state index contributed by atoms with van der Waals surface area (Å²) in [5.74, 6) is 0.647. The van der Waals surface area contributed by atoms with Gasteiger partial charge in [0.1, 0.15) is 5.82 Å². The van der Waals surface area contributed by atoms with Crippen molar-refractivity contribution < 1.29 is 9.59 Å². The van der Waals surface area contributed by atoms with E-state index >= 15 is 0 Å². The van der Waals surface area contributed by atoms with E-state index in [0.717, 1.165) is 17.1 Å². The van der Waals surface area contributed by atoms with Gasteiger partial charge >= 0.3 is 0 Å². The SMILES string of the molecule is CC(=O)c1ccc(NC(=O)C(C)Sc2nnc(Cc3ccccc3)n2-c2ccccc2)cc1. The van der Waals surface area contributed by atoms with Crippen molar-refractivity contribution >= 4 is 29.1 Å². The van der Waals surface area contributed by atoms with Crippen molar-refractivity contribution in [2.45, 2.75) is 30.7 Å². The Morgan fingerprint density at radius 2 is 1.55 bits per heavy atom. The number of para-hydroxylation sites is 1. The number of aromatic nitrogens is 3. The molecule has 1 atom stereocenters. The minimum Gasteiger partial charge on any atom is -0.325 e. The van der Waals surface area contributed by atoms with Crippen LogP contribution in [0.5, 0.6) is 0 Å². The van der Waals surface area contributed by atoms with Gasteiger partial charge in [-0.2, -0.15) is 0 Å². The highest BCUT2D eigenvalue weighted by atomic mass is 32.2. The molecule has 1 N–H and O–H groups in total. The molecule has 0 radical (unpaired) electrons. The van der Waals surface area contributed by atoms with Crippen molar-refractivity contribution in [3.8, 4) is 5.69 Å². The minimum atomic E-state index is -0.409. The number of thioether (sulfide) groups is 1. The molecule has 0 bridgehead atoms. The molecule has 6 nitrogen and oxygen atoms in total. The molecule has 33 heavy (non-hydrogen) atoms. The first-order valence-electron chi connectivity index (χ1n) is 10.6. The second-order valence-electron chi connectivity index (χ2n) is 7.62. The standard InChI is InChI=1S/C26H24N4O2S/c1-18(31)21-13-15-22(16-14-21)27-25(32)19(2)33-26-29-28-24(17-20-9-5-3-6-10-20)30(26)23-11-7-4-8-12-23/h3-16,19H,17H2,1-2H3,(H,27,32). The van der Waals surface area contributed by atoms with Gasteiger partial charge in [-0.25, -0.2) is 0 Å². The second kappa shape index (κ2) is 10.3. The number of hydrogen-bond acceptors (Lipinski definition) is 5. The van der Waals surface area contributed by atoms with Crippen LogP contribution in [-0.4, -0.2) is 31.7 Å². The van der Waals surface area contributed by atoms with E-state index in [9.17, 15) is 9.59 Å². The lowest BCUT2D eigenvalue weighted by atomic mass is 10.1. The number of amides is 1. The number of carbonyl (C=O) groups excluding carboxylic acids is 2. The van der Waals surface area contributed by atoms with Crippen molar-refractivity contribution in [1.82, 2.24) is 14.8 Å². The summed E-state index contributed by atoms with van der Waals surface area (Å²) in [7, 11) is 0. The lowest BCUT2D eigenvalue weighted by Gasteiger charge is -2.14. The van der Waals surface area contributed by atoms with Crippen molar-refractivity contribution in [2.75, 3.05) is 5.32 Å². The summed E-state index contributed by atoms with van der Waals surface area (Å²) < 4.78 is 2.00. The van der Waals surface area contributed by atoms with Crippen LogP contribution in [0.15, 0.2) is 90.1 Å². The number of nitrogens with one attached hydrogen (secondary N) is 1. The van der Waals surface area contributed by atoms with E-state index in [0.29, 0.717) is 22.8 Å². The number of nitrogens with zero attached hydrogens (tertiary/aromatic N) is 3. The fourth-order valence-electron chi connectivity index (χ4n) is 3.35. The summed E-state index contributed by atoms with van der Waals surface area (Å²) in [5.41, 5.74) is 3.34. The number of anilines is 1. The number of hydrogen-bond donors (Lipinski definition) is 1. The summed E-state index contributed by atoms with van der Waals surface area (Å²) in [5, 5.41) is 12.0. The predicted molar refractivity (Wildman–Crippen MR) is 131 cm³/mol. The zero-order chi connectivity index (χ0) is 23.2. The number of Topliss-reactive ketones (excluding diaryl/α,β-unsaturated/α-hetero) is 1. The topological polar surface area (TPSA) is 76.9 Å². The number of rotatable bonds is 8. The largest absolute Gasteiger partial charge is 0.325 e. The normalized spacial score (nSPS) is 11.7. The Kier molecular flexibility index (Phi) is 7.00. The molecule has 0 aliphatic carbocycles. The van der Waals surface area contributed by atoms with Crippen molar-refractivity contribution in [3.05, 3.63) is 102 Å². The molecule has 3 aromatic carbocycles. The van der Waals surface area contributed by atoms with E-state index in [1.165, 1.54) is 18.7 Å².